The molecule has 7 heteroatoms. The second-order valence-corrected chi connectivity index (χ2v) is 5.49. The fraction of sp³-hybridized carbons (Fsp3) is 0.500. The molecule has 1 aromatic heterocycles. The van der Waals surface area contributed by atoms with Crippen molar-refractivity contribution in [1.82, 2.24) is 14.7 Å². The maximum Gasteiger partial charge on any atom is 0.326 e. The van der Waals surface area contributed by atoms with Gasteiger partial charge in [-0.2, -0.15) is 5.10 Å². The van der Waals surface area contributed by atoms with Gasteiger partial charge in [-0.1, -0.05) is 11.6 Å². The van der Waals surface area contributed by atoms with E-state index in [4.69, 9.17) is 11.6 Å². The maximum atomic E-state index is 12.2. The number of hydrogen-bond donors (Lipinski definition) is 1. The molecule has 0 spiro atoms. The summed E-state index contributed by atoms with van der Waals surface area (Å²) >= 11 is 6.09. The monoisotopic (exact) mass is 311 g/mol. The lowest BCUT2D eigenvalue weighted by atomic mass is 10.0. The molecule has 6 nitrogen and oxygen atoms in total. The minimum absolute atomic E-state index is 0.304. The van der Waals surface area contributed by atoms with E-state index in [1.807, 2.05) is 0 Å². The highest BCUT2D eigenvalue weighted by atomic mass is 35.5. The van der Waals surface area contributed by atoms with Crippen molar-refractivity contribution in [1.29, 1.82) is 0 Å². The molecule has 1 amide bonds. The molecular weight excluding hydrogens is 294 g/mol. The second kappa shape index (κ2) is 6.30. The van der Waals surface area contributed by atoms with E-state index in [0.717, 1.165) is 18.5 Å². The molecule has 0 aliphatic carbocycles. The van der Waals surface area contributed by atoms with Crippen LogP contribution in [0.2, 0.25) is 5.15 Å². The third kappa shape index (κ3) is 3.26. The average molecular weight is 312 g/mol. The predicted molar refractivity (Wildman–Crippen MR) is 79.0 cm³/mol. The van der Waals surface area contributed by atoms with Crippen LogP contribution in [0.25, 0.3) is 6.08 Å². The summed E-state index contributed by atoms with van der Waals surface area (Å²) in [6.07, 6.45) is 5.13. The number of carbonyl (C=O) groups excluding carboxylic acids is 1. The number of halogens is 1. The SMILES string of the molecule is Cc1nn(C)c(Cl)c1/C=C/C(=O)N1CCCCC1C(=O)O. The molecule has 1 saturated heterocycles. The van der Waals surface area contributed by atoms with Crippen molar-refractivity contribution in [2.24, 2.45) is 7.05 Å². The number of carbonyl (C=O) groups is 2. The van der Waals surface area contributed by atoms with Crippen molar-refractivity contribution in [3.05, 3.63) is 22.5 Å². The molecule has 1 aliphatic rings. The molecule has 0 radical (unpaired) electrons. The van der Waals surface area contributed by atoms with Gasteiger partial charge in [-0.15, -0.1) is 0 Å². The number of carboxylic acids is 1. The molecule has 1 atom stereocenters. The molecule has 2 rings (SSSR count). The number of rotatable bonds is 3. The summed E-state index contributed by atoms with van der Waals surface area (Å²) in [6, 6.07) is -0.735. The van der Waals surface area contributed by atoms with Crippen LogP contribution in [0.15, 0.2) is 6.08 Å². The molecule has 1 unspecified atom stereocenters. The summed E-state index contributed by atoms with van der Waals surface area (Å²) in [5.41, 5.74) is 1.40. The van der Waals surface area contributed by atoms with Gasteiger partial charge in [0.2, 0.25) is 5.91 Å². The van der Waals surface area contributed by atoms with Crippen molar-refractivity contribution < 1.29 is 14.7 Å². The largest absolute Gasteiger partial charge is 0.480 e. The summed E-state index contributed by atoms with van der Waals surface area (Å²) in [5.74, 6) is -1.26. The van der Waals surface area contributed by atoms with Gasteiger partial charge in [0.05, 0.1) is 5.69 Å². The van der Waals surface area contributed by atoms with E-state index < -0.39 is 12.0 Å². The fourth-order valence-electron chi connectivity index (χ4n) is 2.54. The van der Waals surface area contributed by atoms with Gasteiger partial charge in [0, 0.05) is 25.2 Å². The number of amides is 1. The minimum atomic E-state index is -0.952. The molecular formula is C14H18ClN3O3. The number of hydrogen-bond acceptors (Lipinski definition) is 3. The zero-order chi connectivity index (χ0) is 15.6. The van der Waals surface area contributed by atoms with Crippen molar-refractivity contribution in [3.8, 4) is 0 Å². The highest BCUT2D eigenvalue weighted by molar-refractivity contribution is 6.31. The molecule has 0 saturated carbocycles. The van der Waals surface area contributed by atoms with Crippen LogP contribution in [0, 0.1) is 6.92 Å². The van der Waals surface area contributed by atoms with Gasteiger partial charge < -0.3 is 10.0 Å². The first kappa shape index (κ1) is 15.6. The smallest absolute Gasteiger partial charge is 0.326 e. The number of aliphatic carboxylic acids is 1. The Morgan fingerprint density at radius 3 is 2.71 bits per heavy atom. The number of aromatic nitrogens is 2. The summed E-state index contributed by atoms with van der Waals surface area (Å²) < 4.78 is 1.53. The van der Waals surface area contributed by atoms with Crippen LogP contribution in [-0.2, 0) is 16.6 Å². The first-order valence-electron chi connectivity index (χ1n) is 6.82. The molecule has 1 N–H and O–H groups in total. The molecule has 2 heterocycles. The van der Waals surface area contributed by atoms with Crippen LogP contribution < -0.4 is 0 Å². The van der Waals surface area contributed by atoms with Gasteiger partial charge >= 0.3 is 5.97 Å². The third-order valence-electron chi connectivity index (χ3n) is 3.66. The lowest BCUT2D eigenvalue weighted by molar-refractivity contribution is -0.150. The molecule has 0 bridgehead atoms. The van der Waals surface area contributed by atoms with Crippen LogP contribution in [0.1, 0.15) is 30.5 Å². The van der Waals surface area contributed by atoms with Gasteiger partial charge in [0.15, 0.2) is 0 Å². The number of likely N-dealkylation sites (tertiary alicyclic amines) is 1. The van der Waals surface area contributed by atoms with Crippen LogP contribution in [0.4, 0.5) is 0 Å². The van der Waals surface area contributed by atoms with E-state index in [-0.39, 0.29) is 5.91 Å². The Morgan fingerprint density at radius 2 is 2.14 bits per heavy atom. The van der Waals surface area contributed by atoms with Gasteiger partial charge in [-0.25, -0.2) is 4.79 Å². The number of nitrogens with zero attached hydrogens (tertiary/aromatic N) is 3. The third-order valence-corrected chi connectivity index (χ3v) is 4.11. The zero-order valence-electron chi connectivity index (χ0n) is 12.0. The van der Waals surface area contributed by atoms with Crippen LogP contribution in [-0.4, -0.2) is 44.3 Å². The number of carboxylic acid groups (broad SMARTS) is 1. The zero-order valence-corrected chi connectivity index (χ0v) is 12.8. The number of aryl methyl sites for hydroxylation is 2. The van der Waals surface area contributed by atoms with Gasteiger partial charge in [0.25, 0.3) is 0 Å². The summed E-state index contributed by atoms with van der Waals surface area (Å²) in [7, 11) is 1.72. The van der Waals surface area contributed by atoms with Crippen molar-refractivity contribution >= 4 is 29.6 Å². The Kier molecular flexibility index (Phi) is 4.67. The summed E-state index contributed by atoms with van der Waals surface area (Å²) in [6.45, 7) is 2.27. The summed E-state index contributed by atoms with van der Waals surface area (Å²) in [5, 5.41) is 13.8. The minimum Gasteiger partial charge on any atom is -0.480 e. The lowest BCUT2D eigenvalue weighted by Crippen LogP contribution is -2.47. The van der Waals surface area contributed by atoms with E-state index in [1.165, 1.54) is 15.7 Å². The van der Waals surface area contributed by atoms with Gasteiger partial charge in [-0.05, 0) is 32.3 Å². The Hall–Kier alpha value is -1.82. The van der Waals surface area contributed by atoms with E-state index >= 15 is 0 Å². The highest BCUT2D eigenvalue weighted by Gasteiger charge is 2.30. The van der Waals surface area contributed by atoms with Crippen LogP contribution in [0.3, 0.4) is 0 Å². The van der Waals surface area contributed by atoms with E-state index in [0.29, 0.717) is 23.7 Å². The molecule has 1 fully saturated rings. The topological polar surface area (TPSA) is 75.4 Å². The molecule has 21 heavy (non-hydrogen) atoms. The van der Waals surface area contributed by atoms with Gasteiger partial charge in [0.1, 0.15) is 11.2 Å². The lowest BCUT2D eigenvalue weighted by Gasteiger charge is -2.32. The first-order valence-corrected chi connectivity index (χ1v) is 7.20. The maximum absolute atomic E-state index is 12.2. The van der Waals surface area contributed by atoms with E-state index in [1.54, 1.807) is 20.0 Å². The van der Waals surface area contributed by atoms with Crippen molar-refractivity contribution in [3.63, 3.8) is 0 Å². The highest BCUT2D eigenvalue weighted by Crippen LogP contribution is 2.21. The Balaban J connectivity index is 2.16. The first-order chi connectivity index (χ1) is 9.91. The van der Waals surface area contributed by atoms with Crippen LogP contribution >= 0.6 is 11.6 Å². The average Bonchev–Trinajstić information content (AvgIpc) is 2.70. The molecule has 114 valence electrons. The predicted octanol–water partition coefficient (Wildman–Crippen LogP) is 1.86. The molecule has 0 aromatic carbocycles. The quantitative estimate of drug-likeness (QED) is 0.865. The number of piperidine rings is 1. The fourth-order valence-corrected chi connectivity index (χ4v) is 2.78. The summed E-state index contributed by atoms with van der Waals surface area (Å²) in [4.78, 5) is 24.8. The van der Waals surface area contributed by atoms with Crippen molar-refractivity contribution in [2.75, 3.05) is 6.54 Å². The van der Waals surface area contributed by atoms with Gasteiger partial charge in [-0.3, -0.25) is 9.48 Å². The molecule has 1 aliphatic heterocycles. The van der Waals surface area contributed by atoms with E-state index in [2.05, 4.69) is 5.10 Å². The molecule has 1 aromatic rings. The Morgan fingerprint density at radius 1 is 1.43 bits per heavy atom. The standard InChI is InChI=1S/C14H18ClN3O3/c1-9-10(13(15)17(2)16-9)6-7-12(19)18-8-4-3-5-11(18)14(20)21/h6-7,11H,3-5,8H2,1-2H3,(H,20,21)/b7-6+. The Labute approximate surface area is 128 Å². The van der Waals surface area contributed by atoms with E-state index in [9.17, 15) is 14.7 Å². The normalized spacial score (nSPS) is 19.2. The Bertz CT molecular complexity index is 595. The second-order valence-electron chi connectivity index (χ2n) is 5.13. The van der Waals surface area contributed by atoms with Crippen molar-refractivity contribution in [2.45, 2.75) is 32.2 Å². The van der Waals surface area contributed by atoms with Crippen LogP contribution in [0.5, 0.6) is 0 Å².